The van der Waals surface area contributed by atoms with E-state index in [1.165, 1.54) is 0 Å². The van der Waals surface area contributed by atoms with Crippen LogP contribution in [0.5, 0.6) is 0 Å². The van der Waals surface area contributed by atoms with Gasteiger partial charge in [-0.3, -0.25) is 0 Å². The van der Waals surface area contributed by atoms with Crippen molar-refractivity contribution in [3.8, 4) is 6.07 Å². The van der Waals surface area contributed by atoms with Crippen molar-refractivity contribution in [1.82, 2.24) is 9.97 Å². The van der Waals surface area contributed by atoms with Gasteiger partial charge in [0.15, 0.2) is 0 Å². The molecule has 1 aromatic carbocycles. The smallest absolute Gasteiger partial charge is 0.222 e. The largest absolute Gasteiger partial charge is 0.396 e. The lowest BCUT2D eigenvalue weighted by molar-refractivity contribution is 1.06. The molecule has 1 heterocycles. The number of rotatable bonds is 3. The summed E-state index contributed by atoms with van der Waals surface area (Å²) in [7, 11) is 0. The molecule has 5 heteroatoms. The van der Waals surface area contributed by atoms with Crippen molar-refractivity contribution < 1.29 is 0 Å². The average Bonchev–Trinajstić information content (AvgIpc) is 2.39. The van der Waals surface area contributed by atoms with Gasteiger partial charge >= 0.3 is 0 Å². The first-order valence-corrected chi connectivity index (χ1v) is 5.08. The Labute approximate surface area is 98.9 Å². The lowest BCUT2D eigenvalue weighted by Gasteiger charge is -2.04. The maximum Gasteiger partial charge on any atom is 0.222 e. The Balaban J connectivity index is 1.98. The van der Waals surface area contributed by atoms with Crippen molar-refractivity contribution in [2.75, 3.05) is 11.1 Å². The quantitative estimate of drug-likeness (QED) is 0.827. The summed E-state index contributed by atoms with van der Waals surface area (Å²) >= 11 is 0. The molecule has 5 nitrogen and oxygen atoms in total. The third kappa shape index (κ3) is 2.92. The maximum atomic E-state index is 8.66. The molecule has 3 N–H and O–H groups in total. The van der Waals surface area contributed by atoms with E-state index >= 15 is 0 Å². The van der Waals surface area contributed by atoms with Gasteiger partial charge < -0.3 is 11.1 Å². The summed E-state index contributed by atoms with van der Waals surface area (Å²) in [5.41, 5.74) is 7.73. The topological polar surface area (TPSA) is 87.6 Å². The molecule has 1 aromatic heterocycles. The second-order valence-electron chi connectivity index (χ2n) is 3.50. The molecular weight excluding hydrogens is 214 g/mol. The van der Waals surface area contributed by atoms with Crippen LogP contribution in [-0.4, -0.2) is 9.97 Å². The summed E-state index contributed by atoms with van der Waals surface area (Å²) in [6.45, 7) is 0.607. The summed E-state index contributed by atoms with van der Waals surface area (Å²) in [6.07, 6.45) is 3.10. The summed E-state index contributed by atoms with van der Waals surface area (Å²) in [5, 5.41) is 11.7. The van der Waals surface area contributed by atoms with Crippen LogP contribution in [0, 0.1) is 11.3 Å². The number of hydrogen-bond donors (Lipinski definition) is 2. The van der Waals surface area contributed by atoms with E-state index in [0.717, 1.165) is 5.56 Å². The van der Waals surface area contributed by atoms with Gasteiger partial charge in [-0.05, 0) is 17.7 Å². The molecule has 0 saturated carbocycles. The van der Waals surface area contributed by atoms with Gasteiger partial charge in [0.1, 0.15) is 0 Å². The number of nitrogen functional groups attached to an aromatic ring is 1. The SMILES string of the molecule is N#Cc1ccc(CNc2ncc(N)cn2)cc1. The number of nitrogens with one attached hydrogen (secondary N) is 1. The van der Waals surface area contributed by atoms with Crippen molar-refractivity contribution in [2.24, 2.45) is 0 Å². The van der Waals surface area contributed by atoms with E-state index in [0.29, 0.717) is 23.7 Å². The van der Waals surface area contributed by atoms with E-state index in [9.17, 15) is 0 Å². The standard InChI is InChI=1S/C12H11N5/c13-5-9-1-3-10(4-2-9)6-15-12-16-7-11(14)8-17-12/h1-4,7-8H,6,14H2,(H,15,16,17). The highest BCUT2D eigenvalue weighted by Gasteiger charge is 1.97. The van der Waals surface area contributed by atoms with E-state index in [2.05, 4.69) is 21.4 Å². The van der Waals surface area contributed by atoms with Crippen LogP contribution in [0.1, 0.15) is 11.1 Å². The van der Waals surface area contributed by atoms with Crippen molar-refractivity contribution in [3.05, 3.63) is 47.8 Å². The zero-order valence-corrected chi connectivity index (χ0v) is 9.09. The first-order valence-electron chi connectivity index (χ1n) is 5.08. The molecule has 0 aliphatic heterocycles. The number of nitrogens with two attached hydrogens (primary N) is 1. The van der Waals surface area contributed by atoms with Crippen LogP contribution >= 0.6 is 0 Å². The Morgan fingerprint density at radius 3 is 2.41 bits per heavy atom. The van der Waals surface area contributed by atoms with E-state index in [4.69, 9.17) is 11.0 Å². The van der Waals surface area contributed by atoms with E-state index < -0.39 is 0 Å². The molecule has 2 aromatic rings. The fourth-order valence-electron chi connectivity index (χ4n) is 1.31. The Hall–Kier alpha value is -2.61. The summed E-state index contributed by atoms with van der Waals surface area (Å²) in [5.74, 6) is 0.531. The van der Waals surface area contributed by atoms with Gasteiger partial charge in [-0.15, -0.1) is 0 Å². The normalized spacial score (nSPS) is 9.59. The molecule has 0 amide bonds. The molecule has 0 bridgehead atoms. The third-order valence-electron chi connectivity index (χ3n) is 2.21. The lowest BCUT2D eigenvalue weighted by Crippen LogP contribution is -2.03. The number of nitriles is 1. The number of hydrogen-bond acceptors (Lipinski definition) is 5. The number of benzene rings is 1. The lowest BCUT2D eigenvalue weighted by atomic mass is 10.1. The zero-order valence-electron chi connectivity index (χ0n) is 9.09. The van der Waals surface area contributed by atoms with Crippen LogP contribution in [-0.2, 0) is 6.54 Å². The van der Waals surface area contributed by atoms with Crippen LogP contribution in [0.2, 0.25) is 0 Å². The third-order valence-corrected chi connectivity index (χ3v) is 2.21. The maximum absolute atomic E-state index is 8.66. The minimum atomic E-state index is 0.531. The van der Waals surface area contributed by atoms with Crippen molar-refractivity contribution in [3.63, 3.8) is 0 Å². The average molecular weight is 225 g/mol. The molecule has 0 fully saturated rings. The predicted octanol–water partition coefficient (Wildman–Crippen LogP) is 1.54. The fraction of sp³-hybridized carbons (Fsp3) is 0.0833. The molecule has 0 atom stereocenters. The molecule has 17 heavy (non-hydrogen) atoms. The van der Waals surface area contributed by atoms with Crippen LogP contribution in [0.25, 0.3) is 0 Å². The van der Waals surface area contributed by atoms with Crippen LogP contribution < -0.4 is 11.1 Å². The highest BCUT2D eigenvalue weighted by molar-refractivity contribution is 5.37. The van der Waals surface area contributed by atoms with Crippen LogP contribution in [0.3, 0.4) is 0 Å². The highest BCUT2D eigenvalue weighted by atomic mass is 15.1. The first kappa shape index (κ1) is 10.9. The van der Waals surface area contributed by atoms with Gasteiger partial charge in [-0.2, -0.15) is 5.26 Å². The van der Waals surface area contributed by atoms with Gasteiger partial charge in [0.25, 0.3) is 0 Å². The van der Waals surface area contributed by atoms with Crippen molar-refractivity contribution in [1.29, 1.82) is 5.26 Å². The Morgan fingerprint density at radius 1 is 1.18 bits per heavy atom. The van der Waals surface area contributed by atoms with Gasteiger partial charge in [-0.1, -0.05) is 12.1 Å². The number of aromatic nitrogens is 2. The van der Waals surface area contributed by atoms with Gasteiger partial charge in [0, 0.05) is 6.54 Å². The van der Waals surface area contributed by atoms with Crippen LogP contribution in [0.15, 0.2) is 36.7 Å². The monoisotopic (exact) mass is 225 g/mol. The summed E-state index contributed by atoms with van der Waals surface area (Å²) in [4.78, 5) is 8.05. The Morgan fingerprint density at radius 2 is 1.82 bits per heavy atom. The van der Waals surface area contributed by atoms with E-state index in [1.807, 2.05) is 12.1 Å². The van der Waals surface area contributed by atoms with Gasteiger partial charge in [-0.25, -0.2) is 9.97 Å². The molecule has 0 aliphatic carbocycles. The predicted molar refractivity (Wildman–Crippen MR) is 64.9 cm³/mol. The van der Waals surface area contributed by atoms with Gasteiger partial charge in [0.2, 0.25) is 5.95 Å². The zero-order chi connectivity index (χ0) is 12.1. The molecular formula is C12H11N5. The first-order chi connectivity index (χ1) is 8.28. The Bertz CT molecular complexity index is 524. The molecule has 0 spiro atoms. The summed E-state index contributed by atoms with van der Waals surface area (Å²) in [6, 6.07) is 9.42. The minimum absolute atomic E-state index is 0.531. The number of anilines is 2. The van der Waals surface area contributed by atoms with E-state index in [1.54, 1.807) is 24.5 Å². The van der Waals surface area contributed by atoms with E-state index in [-0.39, 0.29) is 0 Å². The molecule has 0 unspecified atom stereocenters. The summed E-state index contributed by atoms with van der Waals surface area (Å²) < 4.78 is 0. The fourth-order valence-corrected chi connectivity index (χ4v) is 1.31. The molecule has 2 rings (SSSR count). The molecule has 0 radical (unpaired) electrons. The number of nitrogens with zero attached hydrogens (tertiary/aromatic N) is 3. The second-order valence-corrected chi connectivity index (χ2v) is 3.50. The van der Waals surface area contributed by atoms with Crippen molar-refractivity contribution >= 4 is 11.6 Å². The van der Waals surface area contributed by atoms with Gasteiger partial charge in [0.05, 0.1) is 29.7 Å². The highest BCUT2D eigenvalue weighted by Crippen LogP contribution is 2.06. The molecule has 0 saturated heterocycles. The minimum Gasteiger partial charge on any atom is -0.396 e. The van der Waals surface area contributed by atoms with Crippen LogP contribution in [0.4, 0.5) is 11.6 Å². The molecule has 0 aliphatic rings. The Kier molecular flexibility index (Phi) is 3.17. The van der Waals surface area contributed by atoms with Crippen molar-refractivity contribution in [2.45, 2.75) is 6.54 Å². The second kappa shape index (κ2) is 4.94. The molecule has 84 valence electrons.